The van der Waals surface area contributed by atoms with Crippen LogP contribution in [0.25, 0.3) is 0 Å². The van der Waals surface area contributed by atoms with Gasteiger partial charge in [-0.15, -0.1) is 0 Å². The lowest BCUT2D eigenvalue weighted by molar-refractivity contribution is -0.119. The van der Waals surface area contributed by atoms with Gasteiger partial charge in [0, 0.05) is 6.54 Å². The summed E-state index contributed by atoms with van der Waals surface area (Å²) in [4.78, 5) is 12.8. The number of carbonyl (C=O) groups excluding carboxylic acids is 1. The summed E-state index contributed by atoms with van der Waals surface area (Å²) in [6, 6.07) is 15.5. The zero-order chi connectivity index (χ0) is 20.0. The highest BCUT2D eigenvalue weighted by Crippen LogP contribution is 2.24. The quantitative estimate of drug-likeness (QED) is 0.767. The van der Waals surface area contributed by atoms with Crippen LogP contribution in [-0.4, -0.2) is 27.4 Å². The van der Waals surface area contributed by atoms with Crippen molar-refractivity contribution in [2.24, 2.45) is 5.92 Å². The summed E-state index contributed by atoms with van der Waals surface area (Å²) in [6.07, 6.45) is 5.94. The molecule has 2 aromatic carbocycles. The minimum absolute atomic E-state index is 0.182. The Morgan fingerprint density at radius 3 is 2.29 bits per heavy atom. The van der Waals surface area contributed by atoms with Crippen molar-refractivity contribution >= 4 is 21.6 Å². The summed E-state index contributed by atoms with van der Waals surface area (Å²) >= 11 is 0. The molecular weight excluding hydrogens is 372 g/mol. The summed E-state index contributed by atoms with van der Waals surface area (Å²) in [5, 5.41) is 2.94. The van der Waals surface area contributed by atoms with Gasteiger partial charge in [0.25, 0.3) is 10.0 Å². The highest BCUT2D eigenvalue weighted by atomic mass is 32.2. The van der Waals surface area contributed by atoms with Crippen molar-refractivity contribution < 1.29 is 13.2 Å². The van der Waals surface area contributed by atoms with E-state index in [9.17, 15) is 13.2 Å². The minimum Gasteiger partial charge on any atom is -0.354 e. The fourth-order valence-corrected chi connectivity index (χ4v) is 5.00. The molecule has 0 heterocycles. The molecule has 0 unspecified atom stereocenters. The lowest BCUT2D eigenvalue weighted by Gasteiger charge is -2.25. The van der Waals surface area contributed by atoms with E-state index in [1.54, 1.807) is 48.5 Å². The van der Waals surface area contributed by atoms with Crippen molar-refractivity contribution in [3.8, 4) is 0 Å². The van der Waals surface area contributed by atoms with E-state index in [4.69, 9.17) is 0 Å². The van der Waals surface area contributed by atoms with Gasteiger partial charge in [0.1, 0.15) is 6.54 Å². The van der Waals surface area contributed by atoms with Crippen LogP contribution in [0.2, 0.25) is 0 Å². The number of aryl methyl sites for hydroxylation is 1. The molecule has 5 nitrogen and oxygen atoms in total. The van der Waals surface area contributed by atoms with E-state index in [2.05, 4.69) is 5.32 Å². The van der Waals surface area contributed by atoms with E-state index < -0.39 is 10.0 Å². The van der Waals surface area contributed by atoms with E-state index >= 15 is 0 Å². The molecule has 1 N–H and O–H groups in total. The average molecular weight is 401 g/mol. The number of nitrogens with one attached hydrogen (secondary N) is 1. The maximum absolute atomic E-state index is 13.2. The lowest BCUT2D eigenvalue weighted by atomic mass is 9.89. The van der Waals surface area contributed by atoms with E-state index in [1.807, 2.05) is 13.0 Å². The molecule has 2 aromatic rings. The zero-order valence-electron chi connectivity index (χ0n) is 16.3. The fourth-order valence-electron chi connectivity index (χ4n) is 3.58. The summed E-state index contributed by atoms with van der Waals surface area (Å²) in [5.41, 5.74) is 1.46. The monoisotopic (exact) mass is 400 g/mol. The van der Waals surface area contributed by atoms with E-state index in [1.165, 1.54) is 23.6 Å². The Kier molecular flexibility index (Phi) is 6.73. The highest BCUT2D eigenvalue weighted by molar-refractivity contribution is 7.92. The number of carbonyl (C=O) groups is 1. The van der Waals surface area contributed by atoms with Crippen LogP contribution < -0.4 is 9.62 Å². The second-order valence-electron chi connectivity index (χ2n) is 7.47. The van der Waals surface area contributed by atoms with Crippen molar-refractivity contribution in [2.75, 3.05) is 17.4 Å². The summed E-state index contributed by atoms with van der Waals surface area (Å²) < 4.78 is 27.7. The number of hydrogen-bond acceptors (Lipinski definition) is 3. The maximum Gasteiger partial charge on any atom is 0.264 e. The number of para-hydroxylation sites is 1. The van der Waals surface area contributed by atoms with Crippen molar-refractivity contribution in [2.45, 2.75) is 43.9 Å². The molecule has 1 aliphatic carbocycles. The molecule has 1 amide bonds. The van der Waals surface area contributed by atoms with Gasteiger partial charge >= 0.3 is 0 Å². The Morgan fingerprint density at radius 1 is 1.00 bits per heavy atom. The van der Waals surface area contributed by atoms with Gasteiger partial charge in [-0.1, -0.05) is 55.2 Å². The number of anilines is 1. The number of amides is 1. The number of sulfonamides is 1. The number of nitrogens with zero attached hydrogens (tertiary/aromatic N) is 1. The van der Waals surface area contributed by atoms with Gasteiger partial charge in [-0.05, 0) is 49.9 Å². The molecule has 3 rings (SSSR count). The molecule has 28 heavy (non-hydrogen) atoms. The zero-order valence-corrected chi connectivity index (χ0v) is 17.1. The minimum atomic E-state index is -3.84. The molecule has 0 aromatic heterocycles. The Hall–Kier alpha value is -2.34. The van der Waals surface area contributed by atoms with Crippen LogP contribution in [0.1, 0.15) is 37.7 Å². The Bertz CT molecular complexity index is 874. The van der Waals surface area contributed by atoms with Crippen LogP contribution in [0.4, 0.5) is 5.69 Å². The third-order valence-corrected chi connectivity index (χ3v) is 7.04. The predicted octanol–water partition coefficient (Wildman–Crippen LogP) is 3.89. The molecule has 1 aliphatic rings. The molecule has 150 valence electrons. The first-order valence-electron chi connectivity index (χ1n) is 9.88. The van der Waals surface area contributed by atoms with E-state index in [0.717, 1.165) is 18.4 Å². The van der Waals surface area contributed by atoms with Crippen LogP contribution in [-0.2, 0) is 14.8 Å². The molecule has 0 bridgehead atoms. The van der Waals surface area contributed by atoms with Gasteiger partial charge in [0.2, 0.25) is 5.91 Å². The molecule has 6 heteroatoms. The normalized spacial score (nSPS) is 15.2. The summed E-state index contributed by atoms with van der Waals surface area (Å²) in [5.74, 6) is 0.224. The Labute approximate surface area is 167 Å². The number of benzene rings is 2. The predicted molar refractivity (Wildman–Crippen MR) is 112 cm³/mol. The van der Waals surface area contributed by atoms with Crippen molar-refractivity contribution in [1.82, 2.24) is 5.32 Å². The van der Waals surface area contributed by atoms with Crippen LogP contribution in [0, 0.1) is 12.8 Å². The third-order valence-electron chi connectivity index (χ3n) is 5.25. The first kappa shape index (κ1) is 20.4. The molecule has 1 fully saturated rings. The molecule has 0 aliphatic heterocycles. The van der Waals surface area contributed by atoms with Crippen LogP contribution >= 0.6 is 0 Å². The molecule has 0 spiro atoms. The molecule has 1 saturated carbocycles. The maximum atomic E-state index is 13.2. The number of rotatable bonds is 7. The molecule has 0 atom stereocenters. The van der Waals surface area contributed by atoms with E-state index in [-0.39, 0.29) is 17.3 Å². The molecular formula is C22H28N2O3S. The summed E-state index contributed by atoms with van der Waals surface area (Å²) in [6.45, 7) is 2.29. The van der Waals surface area contributed by atoms with Crippen molar-refractivity contribution in [3.05, 3.63) is 60.2 Å². The largest absolute Gasteiger partial charge is 0.354 e. The first-order valence-corrected chi connectivity index (χ1v) is 11.3. The smallest absolute Gasteiger partial charge is 0.264 e. The summed E-state index contributed by atoms with van der Waals surface area (Å²) in [7, 11) is -3.84. The third kappa shape index (κ3) is 5.13. The van der Waals surface area contributed by atoms with Gasteiger partial charge < -0.3 is 5.32 Å². The molecule has 0 radical (unpaired) electrons. The van der Waals surface area contributed by atoms with Crippen molar-refractivity contribution in [3.63, 3.8) is 0 Å². The van der Waals surface area contributed by atoms with Crippen LogP contribution in [0.15, 0.2) is 59.5 Å². The Balaban J connectivity index is 1.77. The highest BCUT2D eigenvalue weighted by Gasteiger charge is 2.27. The fraction of sp³-hybridized carbons (Fsp3) is 0.409. The number of hydrogen-bond donors (Lipinski definition) is 1. The average Bonchev–Trinajstić information content (AvgIpc) is 2.72. The van der Waals surface area contributed by atoms with Crippen molar-refractivity contribution in [1.29, 1.82) is 0 Å². The molecule has 0 saturated heterocycles. The van der Waals surface area contributed by atoms with Gasteiger partial charge in [-0.2, -0.15) is 0 Å². The van der Waals surface area contributed by atoms with Gasteiger partial charge in [-0.3, -0.25) is 9.10 Å². The first-order chi connectivity index (χ1) is 13.5. The SMILES string of the molecule is Cc1ccc(S(=O)(=O)N(CC(=O)NCC2CCCCC2)c2ccccc2)cc1. The van der Waals surface area contributed by atoms with Gasteiger partial charge in [0.05, 0.1) is 10.6 Å². The van der Waals surface area contributed by atoms with Gasteiger partial charge in [0.15, 0.2) is 0 Å². The standard InChI is InChI=1S/C22H28N2O3S/c1-18-12-14-21(15-13-18)28(26,27)24(20-10-6-3-7-11-20)17-22(25)23-16-19-8-4-2-5-9-19/h3,6-7,10-15,19H,2,4-5,8-9,16-17H2,1H3,(H,23,25). The van der Waals surface area contributed by atoms with E-state index in [0.29, 0.717) is 18.2 Å². The Morgan fingerprint density at radius 2 is 1.64 bits per heavy atom. The van der Waals surface area contributed by atoms with Gasteiger partial charge in [-0.25, -0.2) is 8.42 Å². The lowest BCUT2D eigenvalue weighted by Crippen LogP contribution is -2.42. The second kappa shape index (κ2) is 9.24. The van der Waals surface area contributed by atoms with Crippen LogP contribution in [0.3, 0.4) is 0 Å². The van der Waals surface area contributed by atoms with Crippen LogP contribution in [0.5, 0.6) is 0 Å². The topological polar surface area (TPSA) is 66.5 Å². The second-order valence-corrected chi connectivity index (χ2v) is 9.33.